The van der Waals surface area contributed by atoms with Crippen LogP contribution in [0.1, 0.15) is 33.3 Å². The summed E-state index contributed by atoms with van der Waals surface area (Å²) in [4.78, 5) is 4.12. The van der Waals surface area contributed by atoms with Crippen molar-refractivity contribution in [2.45, 2.75) is 39.8 Å². The standard InChI is InChI=1S/C19H26ClN3O2/c1-13(2)19(23-8-7-21-12-23)17-9-15(20)5-6-18(17)25-11-16(24)10-22-14(3)4/h5-9,12,14,16,22,24H,10-11H2,1-4H3. The van der Waals surface area contributed by atoms with Crippen LogP contribution in [0.5, 0.6) is 5.75 Å². The SMILES string of the molecule is CC(C)=C(c1cc(Cl)ccc1OCC(O)CNC(C)C)n1ccnc1. The fourth-order valence-electron chi connectivity index (χ4n) is 2.49. The smallest absolute Gasteiger partial charge is 0.128 e. The second kappa shape index (κ2) is 9.04. The van der Waals surface area contributed by atoms with Gasteiger partial charge in [-0.05, 0) is 32.0 Å². The summed E-state index contributed by atoms with van der Waals surface area (Å²) in [5.74, 6) is 0.679. The minimum Gasteiger partial charge on any atom is -0.490 e. The van der Waals surface area contributed by atoms with Gasteiger partial charge in [0.1, 0.15) is 18.5 Å². The Balaban J connectivity index is 2.24. The lowest BCUT2D eigenvalue weighted by Gasteiger charge is -2.19. The van der Waals surface area contributed by atoms with E-state index in [0.717, 1.165) is 16.8 Å². The van der Waals surface area contributed by atoms with E-state index in [1.807, 2.05) is 50.6 Å². The highest BCUT2D eigenvalue weighted by Gasteiger charge is 2.15. The van der Waals surface area contributed by atoms with E-state index >= 15 is 0 Å². The summed E-state index contributed by atoms with van der Waals surface area (Å²) in [6.07, 6.45) is 4.77. The molecule has 0 radical (unpaired) electrons. The summed E-state index contributed by atoms with van der Waals surface area (Å²) in [7, 11) is 0. The Morgan fingerprint density at radius 1 is 1.36 bits per heavy atom. The quantitative estimate of drug-likeness (QED) is 0.752. The maximum atomic E-state index is 10.1. The summed E-state index contributed by atoms with van der Waals surface area (Å²) < 4.78 is 7.83. The number of aliphatic hydroxyl groups excluding tert-OH is 1. The molecular weight excluding hydrogens is 338 g/mol. The Hall–Kier alpha value is -1.82. The molecule has 0 aliphatic carbocycles. The molecule has 25 heavy (non-hydrogen) atoms. The van der Waals surface area contributed by atoms with E-state index in [4.69, 9.17) is 16.3 Å². The molecule has 0 spiro atoms. The lowest BCUT2D eigenvalue weighted by molar-refractivity contribution is 0.104. The van der Waals surface area contributed by atoms with Crippen molar-refractivity contribution in [3.63, 3.8) is 0 Å². The summed E-state index contributed by atoms with van der Waals surface area (Å²) in [6, 6.07) is 5.81. The van der Waals surface area contributed by atoms with Crippen LogP contribution in [-0.4, -0.2) is 40.0 Å². The van der Waals surface area contributed by atoms with Gasteiger partial charge in [-0.15, -0.1) is 0 Å². The number of nitrogens with one attached hydrogen (secondary N) is 1. The van der Waals surface area contributed by atoms with Gasteiger partial charge in [0.05, 0.1) is 12.0 Å². The summed E-state index contributed by atoms with van der Waals surface area (Å²) in [5.41, 5.74) is 2.94. The lowest BCUT2D eigenvalue weighted by atomic mass is 10.1. The van der Waals surface area contributed by atoms with Gasteiger partial charge in [0, 0.05) is 35.6 Å². The third-order valence-electron chi connectivity index (χ3n) is 3.63. The van der Waals surface area contributed by atoms with Gasteiger partial charge in [0.15, 0.2) is 0 Å². The van der Waals surface area contributed by atoms with Gasteiger partial charge in [0.25, 0.3) is 0 Å². The Morgan fingerprint density at radius 3 is 2.72 bits per heavy atom. The van der Waals surface area contributed by atoms with Crippen LogP contribution in [0.3, 0.4) is 0 Å². The van der Waals surface area contributed by atoms with E-state index in [9.17, 15) is 5.11 Å². The van der Waals surface area contributed by atoms with Gasteiger partial charge < -0.3 is 19.7 Å². The van der Waals surface area contributed by atoms with Crippen LogP contribution < -0.4 is 10.1 Å². The first-order valence-electron chi connectivity index (χ1n) is 8.38. The van der Waals surface area contributed by atoms with Gasteiger partial charge in [0.2, 0.25) is 0 Å². The molecule has 6 heteroatoms. The van der Waals surface area contributed by atoms with Crippen LogP contribution in [0.15, 0.2) is 42.5 Å². The predicted molar refractivity (Wildman–Crippen MR) is 102 cm³/mol. The molecule has 0 bridgehead atoms. The zero-order valence-electron chi connectivity index (χ0n) is 15.2. The molecule has 1 atom stereocenters. The molecule has 1 aromatic carbocycles. The van der Waals surface area contributed by atoms with Crippen molar-refractivity contribution in [3.8, 4) is 5.75 Å². The minimum atomic E-state index is -0.589. The van der Waals surface area contributed by atoms with E-state index in [1.54, 1.807) is 18.6 Å². The number of hydrogen-bond acceptors (Lipinski definition) is 4. The molecule has 1 heterocycles. The maximum Gasteiger partial charge on any atom is 0.128 e. The van der Waals surface area contributed by atoms with Crippen molar-refractivity contribution in [1.29, 1.82) is 0 Å². The molecule has 0 fully saturated rings. The zero-order valence-corrected chi connectivity index (χ0v) is 15.9. The highest BCUT2D eigenvalue weighted by atomic mass is 35.5. The normalized spacial score (nSPS) is 12.3. The number of rotatable bonds is 8. The van der Waals surface area contributed by atoms with Crippen LogP contribution in [0.25, 0.3) is 5.70 Å². The Kier molecular flexibility index (Phi) is 7.05. The third kappa shape index (κ3) is 5.59. The van der Waals surface area contributed by atoms with Crippen LogP contribution in [0, 0.1) is 0 Å². The van der Waals surface area contributed by atoms with Crippen LogP contribution in [0.2, 0.25) is 5.02 Å². The molecule has 2 aromatic rings. The maximum absolute atomic E-state index is 10.1. The Labute approximate surface area is 154 Å². The molecule has 0 amide bonds. The van der Waals surface area contributed by atoms with Crippen molar-refractivity contribution in [2.24, 2.45) is 0 Å². The average molecular weight is 364 g/mol. The average Bonchev–Trinajstić information content (AvgIpc) is 3.06. The number of aromatic nitrogens is 2. The summed E-state index contributed by atoms with van der Waals surface area (Å²) in [6.45, 7) is 8.82. The number of imidazole rings is 1. The number of halogens is 1. The van der Waals surface area contributed by atoms with E-state index in [1.165, 1.54) is 0 Å². The number of hydrogen-bond donors (Lipinski definition) is 2. The van der Waals surface area contributed by atoms with E-state index in [2.05, 4.69) is 10.3 Å². The number of allylic oxidation sites excluding steroid dienone is 1. The first-order chi connectivity index (χ1) is 11.9. The van der Waals surface area contributed by atoms with Crippen LogP contribution >= 0.6 is 11.6 Å². The molecule has 136 valence electrons. The van der Waals surface area contributed by atoms with E-state index in [0.29, 0.717) is 23.4 Å². The minimum absolute atomic E-state index is 0.203. The molecule has 2 rings (SSSR count). The Bertz CT molecular complexity index is 707. The molecule has 0 aliphatic heterocycles. The van der Waals surface area contributed by atoms with Gasteiger partial charge in [-0.25, -0.2) is 4.98 Å². The van der Waals surface area contributed by atoms with Crippen molar-refractivity contribution < 1.29 is 9.84 Å². The molecule has 0 saturated heterocycles. The third-order valence-corrected chi connectivity index (χ3v) is 3.86. The van der Waals surface area contributed by atoms with E-state index < -0.39 is 6.10 Å². The highest BCUT2D eigenvalue weighted by molar-refractivity contribution is 6.30. The second-order valence-corrected chi connectivity index (χ2v) is 6.92. The first-order valence-corrected chi connectivity index (χ1v) is 8.76. The topological polar surface area (TPSA) is 59.3 Å². The number of ether oxygens (including phenoxy) is 1. The van der Waals surface area contributed by atoms with Gasteiger partial charge in [-0.3, -0.25) is 0 Å². The van der Waals surface area contributed by atoms with Gasteiger partial charge in [-0.2, -0.15) is 0 Å². The molecule has 0 saturated carbocycles. The molecular formula is C19H26ClN3O2. The van der Waals surface area contributed by atoms with E-state index in [-0.39, 0.29) is 6.61 Å². The van der Waals surface area contributed by atoms with Crippen molar-refractivity contribution in [2.75, 3.05) is 13.2 Å². The number of aliphatic hydroxyl groups is 1. The molecule has 1 aromatic heterocycles. The predicted octanol–water partition coefficient (Wildman–Crippen LogP) is 3.57. The summed E-state index contributed by atoms with van der Waals surface area (Å²) >= 11 is 6.21. The molecule has 0 aliphatic rings. The fourth-order valence-corrected chi connectivity index (χ4v) is 2.66. The molecule has 2 N–H and O–H groups in total. The van der Waals surface area contributed by atoms with Crippen LogP contribution in [0.4, 0.5) is 0 Å². The monoisotopic (exact) mass is 363 g/mol. The Morgan fingerprint density at radius 2 is 2.12 bits per heavy atom. The summed E-state index contributed by atoms with van der Waals surface area (Å²) in [5, 5.41) is 13.9. The largest absolute Gasteiger partial charge is 0.490 e. The highest BCUT2D eigenvalue weighted by Crippen LogP contribution is 2.32. The van der Waals surface area contributed by atoms with Crippen molar-refractivity contribution in [3.05, 3.63) is 53.1 Å². The van der Waals surface area contributed by atoms with Gasteiger partial charge in [-0.1, -0.05) is 31.0 Å². The van der Waals surface area contributed by atoms with Gasteiger partial charge >= 0.3 is 0 Å². The lowest BCUT2D eigenvalue weighted by Crippen LogP contribution is -2.35. The fraction of sp³-hybridized carbons (Fsp3) is 0.421. The second-order valence-electron chi connectivity index (χ2n) is 6.49. The molecule has 1 unspecified atom stereocenters. The van der Waals surface area contributed by atoms with Crippen molar-refractivity contribution >= 4 is 17.3 Å². The van der Waals surface area contributed by atoms with Crippen LogP contribution in [-0.2, 0) is 0 Å². The zero-order chi connectivity index (χ0) is 18.4. The number of nitrogens with zero attached hydrogens (tertiary/aromatic N) is 2. The number of benzene rings is 1. The van der Waals surface area contributed by atoms with Crippen molar-refractivity contribution in [1.82, 2.24) is 14.9 Å². The first kappa shape index (κ1) is 19.5. The molecule has 5 nitrogen and oxygen atoms in total.